The number of hydrogen-bond acceptors (Lipinski definition) is 5. The highest BCUT2D eigenvalue weighted by molar-refractivity contribution is 5.86. The topological polar surface area (TPSA) is 104 Å². The average molecular weight is 283 g/mol. The molecule has 0 radical (unpaired) electrons. The van der Waals surface area contributed by atoms with Crippen LogP contribution >= 0.6 is 0 Å². The van der Waals surface area contributed by atoms with Crippen LogP contribution in [0.25, 0.3) is 22.2 Å². The van der Waals surface area contributed by atoms with Crippen molar-refractivity contribution in [1.82, 2.24) is 19.9 Å². The number of aromatic amines is 2. The fraction of sp³-hybridized carbons (Fsp3) is 0.143. The van der Waals surface area contributed by atoms with Crippen molar-refractivity contribution in [3.05, 3.63) is 50.8 Å². The maximum absolute atomic E-state index is 11.7. The number of H-pyrrole nitrogens is 2. The fourth-order valence-electron chi connectivity index (χ4n) is 1.98. The van der Waals surface area contributed by atoms with Gasteiger partial charge < -0.3 is 5.32 Å². The van der Waals surface area contributed by atoms with Crippen LogP contribution in [-0.2, 0) is 0 Å². The van der Waals surface area contributed by atoms with Crippen LogP contribution in [0.5, 0.6) is 0 Å². The maximum Gasteiger partial charge on any atom is 0.327 e. The number of fused-ring (bicyclic) bond motifs is 2. The minimum Gasteiger partial charge on any atom is -0.359 e. The number of nitrogens with one attached hydrogen (secondary N) is 3. The van der Waals surface area contributed by atoms with E-state index < -0.39 is 11.2 Å². The van der Waals surface area contributed by atoms with Crippen molar-refractivity contribution in [3.63, 3.8) is 0 Å². The first-order chi connectivity index (χ1) is 10.1. The first-order valence-corrected chi connectivity index (χ1v) is 6.41. The van der Waals surface area contributed by atoms with Gasteiger partial charge in [-0.15, -0.1) is 0 Å². The van der Waals surface area contributed by atoms with Gasteiger partial charge in [-0.1, -0.05) is 6.08 Å². The largest absolute Gasteiger partial charge is 0.359 e. The molecule has 7 heteroatoms. The van der Waals surface area contributed by atoms with Gasteiger partial charge in [0, 0.05) is 11.4 Å². The Morgan fingerprint density at radius 2 is 2.00 bits per heavy atom. The van der Waals surface area contributed by atoms with Crippen LogP contribution in [0.15, 0.2) is 39.6 Å². The molecule has 0 aliphatic carbocycles. The Balaban J connectivity index is 2.24. The molecule has 2 aromatic heterocycles. The molecule has 0 aliphatic heterocycles. The van der Waals surface area contributed by atoms with E-state index in [0.29, 0.717) is 11.0 Å². The van der Waals surface area contributed by atoms with E-state index in [2.05, 4.69) is 25.3 Å². The Morgan fingerprint density at radius 1 is 1.19 bits per heavy atom. The second-order valence-electron chi connectivity index (χ2n) is 4.63. The number of allylic oxidation sites excluding steroid dienone is 2. The van der Waals surface area contributed by atoms with Crippen LogP contribution in [0.1, 0.15) is 13.8 Å². The quantitative estimate of drug-likeness (QED) is 0.618. The van der Waals surface area contributed by atoms with E-state index in [1.54, 1.807) is 6.07 Å². The van der Waals surface area contributed by atoms with E-state index in [1.165, 1.54) is 0 Å². The predicted molar refractivity (Wildman–Crippen MR) is 81.3 cm³/mol. The molecule has 2 heterocycles. The molecular weight excluding hydrogens is 270 g/mol. The van der Waals surface area contributed by atoms with Gasteiger partial charge in [-0.2, -0.15) is 0 Å². The summed E-state index contributed by atoms with van der Waals surface area (Å²) in [5, 5.41) is 3.21. The Kier molecular flexibility index (Phi) is 3.02. The number of nitrogens with zero attached hydrogens (tertiary/aromatic N) is 2. The Hall–Kier alpha value is -2.96. The number of hydrogen-bond donors (Lipinski definition) is 3. The molecule has 0 saturated heterocycles. The number of anilines is 1. The van der Waals surface area contributed by atoms with E-state index in [0.717, 1.165) is 11.4 Å². The third-order valence-electron chi connectivity index (χ3n) is 3.11. The monoisotopic (exact) mass is 283 g/mol. The molecule has 21 heavy (non-hydrogen) atoms. The second-order valence-corrected chi connectivity index (χ2v) is 4.63. The Morgan fingerprint density at radius 3 is 2.76 bits per heavy atom. The number of benzene rings is 1. The minimum absolute atomic E-state index is 0.118. The summed E-state index contributed by atoms with van der Waals surface area (Å²) >= 11 is 0. The van der Waals surface area contributed by atoms with Gasteiger partial charge in [-0.25, -0.2) is 14.8 Å². The summed E-state index contributed by atoms with van der Waals surface area (Å²) < 4.78 is 0. The molecule has 0 unspecified atom stereocenters. The fourth-order valence-corrected chi connectivity index (χ4v) is 1.98. The van der Waals surface area contributed by atoms with Crippen LogP contribution in [0.3, 0.4) is 0 Å². The van der Waals surface area contributed by atoms with Gasteiger partial charge in [-0.3, -0.25) is 14.8 Å². The first kappa shape index (κ1) is 13.0. The zero-order chi connectivity index (χ0) is 15.0. The lowest BCUT2D eigenvalue weighted by atomic mass is 10.2. The average Bonchev–Trinajstić information content (AvgIpc) is 2.45. The zero-order valence-corrected chi connectivity index (χ0v) is 11.5. The number of rotatable bonds is 2. The molecule has 0 fully saturated rings. The van der Waals surface area contributed by atoms with E-state index in [1.807, 2.05) is 32.1 Å². The van der Waals surface area contributed by atoms with Crippen LogP contribution in [-0.4, -0.2) is 19.9 Å². The van der Waals surface area contributed by atoms with Gasteiger partial charge in [0.1, 0.15) is 0 Å². The molecule has 0 bridgehead atoms. The third kappa shape index (κ3) is 2.40. The number of aromatic nitrogens is 4. The summed E-state index contributed by atoms with van der Waals surface area (Å²) in [7, 11) is 0. The lowest BCUT2D eigenvalue weighted by molar-refractivity contribution is 1.05. The lowest BCUT2D eigenvalue weighted by Crippen LogP contribution is -2.23. The molecular formula is C14H13N5O2. The van der Waals surface area contributed by atoms with Gasteiger partial charge >= 0.3 is 5.69 Å². The van der Waals surface area contributed by atoms with Crippen LogP contribution in [0.2, 0.25) is 0 Å². The molecule has 0 spiro atoms. The smallest absolute Gasteiger partial charge is 0.327 e. The summed E-state index contributed by atoms with van der Waals surface area (Å²) in [5.41, 5.74) is 2.20. The van der Waals surface area contributed by atoms with Crippen LogP contribution < -0.4 is 16.6 Å². The zero-order valence-electron chi connectivity index (χ0n) is 11.5. The summed E-state index contributed by atoms with van der Waals surface area (Å²) in [6.45, 7) is 3.89. The van der Waals surface area contributed by atoms with Crippen molar-refractivity contribution >= 4 is 27.9 Å². The summed E-state index contributed by atoms with van der Waals surface area (Å²) in [6.07, 6.45) is 1.95. The normalized spacial score (nSPS) is 12.0. The van der Waals surface area contributed by atoms with E-state index >= 15 is 0 Å². The van der Waals surface area contributed by atoms with Gasteiger partial charge in [0.05, 0.1) is 11.0 Å². The molecule has 7 nitrogen and oxygen atoms in total. The predicted octanol–water partition coefficient (Wildman–Crippen LogP) is 1.50. The van der Waals surface area contributed by atoms with E-state index in [-0.39, 0.29) is 11.2 Å². The summed E-state index contributed by atoms with van der Waals surface area (Å²) in [5.74, 6) is 0. The molecule has 1 aromatic carbocycles. The van der Waals surface area contributed by atoms with Crippen LogP contribution in [0.4, 0.5) is 5.69 Å². The van der Waals surface area contributed by atoms with Crippen molar-refractivity contribution in [3.8, 4) is 0 Å². The molecule has 3 rings (SSSR count). The molecule has 0 atom stereocenters. The first-order valence-electron chi connectivity index (χ1n) is 6.41. The third-order valence-corrected chi connectivity index (χ3v) is 3.11. The van der Waals surface area contributed by atoms with Crippen molar-refractivity contribution in [2.24, 2.45) is 0 Å². The Bertz CT molecular complexity index is 984. The molecule has 0 saturated carbocycles. The van der Waals surface area contributed by atoms with Crippen molar-refractivity contribution < 1.29 is 0 Å². The van der Waals surface area contributed by atoms with Crippen molar-refractivity contribution in [2.45, 2.75) is 13.8 Å². The summed E-state index contributed by atoms with van der Waals surface area (Å²) in [6, 6.07) is 5.45. The van der Waals surface area contributed by atoms with E-state index in [9.17, 15) is 9.59 Å². The second kappa shape index (κ2) is 4.86. The van der Waals surface area contributed by atoms with Crippen molar-refractivity contribution in [1.29, 1.82) is 0 Å². The minimum atomic E-state index is -0.597. The van der Waals surface area contributed by atoms with Gasteiger partial charge in [0.15, 0.2) is 11.2 Å². The lowest BCUT2D eigenvalue weighted by Gasteiger charge is -2.07. The SMILES string of the molecule is C/C=C(\C)Nc1ccc2nc3c(=O)[nH]c(=O)[nH]c3nc2c1. The van der Waals surface area contributed by atoms with Crippen LogP contribution in [0, 0.1) is 0 Å². The molecule has 0 aliphatic rings. The van der Waals surface area contributed by atoms with Gasteiger partial charge in [0.2, 0.25) is 0 Å². The molecule has 3 aromatic rings. The highest BCUT2D eigenvalue weighted by Crippen LogP contribution is 2.18. The summed E-state index contributed by atoms with van der Waals surface area (Å²) in [4.78, 5) is 36.1. The van der Waals surface area contributed by atoms with E-state index in [4.69, 9.17) is 0 Å². The molecule has 0 amide bonds. The Labute approximate surface area is 118 Å². The van der Waals surface area contributed by atoms with Gasteiger partial charge in [-0.05, 0) is 32.0 Å². The van der Waals surface area contributed by atoms with Gasteiger partial charge in [0.25, 0.3) is 5.56 Å². The maximum atomic E-state index is 11.7. The highest BCUT2D eigenvalue weighted by atomic mass is 16.2. The standard InChI is InChI=1S/C14H13N5O2/c1-3-7(2)15-8-4-5-9-10(6-8)17-12-11(16-9)13(20)19-14(21)18-12/h3-6,15H,1-2H3,(H2,17,18,19,20,21)/b7-3+. The van der Waals surface area contributed by atoms with Crippen molar-refractivity contribution in [2.75, 3.05) is 5.32 Å². The molecule has 3 N–H and O–H groups in total. The highest BCUT2D eigenvalue weighted by Gasteiger charge is 2.07. The molecule has 106 valence electrons.